The number of hydrogen-bond donors (Lipinski definition) is 1. The maximum Gasteiger partial charge on any atom is 0.0964 e. The average molecular weight is 265 g/mol. The van der Waals surface area contributed by atoms with Crippen molar-refractivity contribution >= 4 is 0 Å². The predicted molar refractivity (Wildman–Crippen MR) is 76.8 cm³/mol. The lowest BCUT2D eigenvalue weighted by molar-refractivity contribution is 0.152. The minimum absolute atomic E-state index is 0.791. The van der Waals surface area contributed by atoms with Crippen LogP contribution in [0.4, 0.5) is 0 Å². The van der Waals surface area contributed by atoms with Gasteiger partial charge in [-0.15, -0.1) is 5.10 Å². The Morgan fingerprint density at radius 2 is 2.05 bits per heavy atom. The molecule has 1 saturated heterocycles. The Labute approximate surface area is 116 Å². The fourth-order valence-corrected chi connectivity index (χ4v) is 2.80. The molecule has 1 aromatic heterocycles. The highest BCUT2D eigenvalue weighted by Gasteiger charge is 2.21. The Balaban J connectivity index is 1.71. The van der Waals surface area contributed by atoms with Gasteiger partial charge >= 0.3 is 0 Å². The van der Waals surface area contributed by atoms with Crippen molar-refractivity contribution in [2.45, 2.75) is 39.8 Å². The highest BCUT2D eigenvalue weighted by molar-refractivity contribution is 4.91. The lowest BCUT2D eigenvalue weighted by atomic mass is 9.87. The van der Waals surface area contributed by atoms with E-state index in [1.807, 2.05) is 17.9 Å². The molecule has 1 fully saturated rings. The second-order valence-electron chi connectivity index (χ2n) is 5.93. The Morgan fingerprint density at radius 1 is 1.32 bits per heavy atom. The summed E-state index contributed by atoms with van der Waals surface area (Å²) in [5, 5.41) is 11.4. The van der Waals surface area contributed by atoms with Gasteiger partial charge in [-0.3, -0.25) is 4.68 Å². The molecule has 0 spiro atoms. The van der Waals surface area contributed by atoms with Crippen LogP contribution in [-0.2, 0) is 13.1 Å². The smallest absolute Gasteiger partial charge is 0.0964 e. The summed E-state index contributed by atoms with van der Waals surface area (Å²) in [6, 6.07) is 0. The number of likely N-dealkylation sites (tertiary alicyclic amines) is 1. The highest BCUT2D eigenvalue weighted by atomic mass is 15.4. The summed E-state index contributed by atoms with van der Waals surface area (Å²) in [6.45, 7) is 10.00. The monoisotopic (exact) mass is 265 g/mol. The van der Waals surface area contributed by atoms with E-state index in [4.69, 9.17) is 0 Å². The third-order valence-electron chi connectivity index (χ3n) is 4.16. The van der Waals surface area contributed by atoms with Gasteiger partial charge in [-0.2, -0.15) is 0 Å². The van der Waals surface area contributed by atoms with Crippen LogP contribution in [0.5, 0.6) is 0 Å². The normalized spacial score (nSPS) is 18.3. The fourth-order valence-electron chi connectivity index (χ4n) is 2.80. The first kappa shape index (κ1) is 14.5. The largest absolute Gasteiger partial charge is 0.314 e. The van der Waals surface area contributed by atoms with E-state index in [9.17, 15) is 0 Å². The minimum atomic E-state index is 0.791. The molecular formula is C14H27N5. The van der Waals surface area contributed by atoms with Crippen LogP contribution in [0, 0.1) is 11.8 Å². The zero-order chi connectivity index (χ0) is 13.7. The average Bonchev–Trinajstić information content (AvgIpc) is 2.85. The molecule has 108 valence electrons. The third-order valence-corrected chi connectivity index (χ3v) is 4.16. The van der Waals surface area contributed by atoms with Gasteiger partial charge in [-0.25, -0.2) is 0 Å². The van der Waals surface area contributed by atoms with Crippen molar-refractivity contribution in [1.82, 2.24) is 25.2 Å². The summed E-state index contributed by atoms with van der Waals surface area (Å²) in [5.74, 6) is 1.76. The number of rotatable bonds is 6. The molecule has 0 atom stereocenters. The standard InChI is InChI=1S/C14H27N5/c1-12(2)13-4-6-18(7-5-13)8-9-19-11-14(10-15-3)16-17-19/h11-13,15H,4-10H2,1-3H3. The zero-order valence-corrected chi connectivity index (χ0v) is 12.5. The van der Waals surface area contributed by atoms with Gasteiger partial charge in [0, 0.05) is 19.3 Å². The molecule has 0 aliphatic carbocycles. The summed E-state index contributed by atoms with van der Waals surface area (Å²) in [6.07, 6.45) is 4.73. The van der Waals surface area contributed by atoms with E-state index in [1.165, 1.54) is 25.9 Å². The number of piperidine rings is 1. The topological polar surface area (TPSA) is 46.0 Å². The van der Waals surface area contributed by atoms with E-state index in [0.717, 1.165) is 37.2 Å². The molecule has 0 amide bonds. The van der Waals surface area contributed by atoms with Gasteiger partial charge in [0.2, 0.25) is 0 Å². The molecule has 2 rings (SSSR count). The van der Waals surface area contributed by atoms with Crippen molar-refractivity contribution in [2.75, 3.05) is 26.7 Å². The number of aromatic nitrogens is 3. The molecular weight excluding hydrogens is 238 g/mol. The number of nitrogens with one attached hydrogen (secondary N) is 1. The molecule has 2 heterocycles. The van der Waals surface area contributed by atoms with Gasteiger partial charge in [-0.05, 0) is 44.8 Å². The number of hydrogen-bond acceptors (Lipinski definition) is 4. The Bertz CT molecular complexity index is 366. The van der Waals surface area contributed by atoms with Gasteiger partial charge in [-0.1, -0.05) is 19.1 Å². The first-order valence-electron chi connectivity index (χ1n) is 7.45. The van der Waals surface area contributed by atoms with Gasteiger partial charge in [0.05, 0.1) is 12.2 Å². The van der Waals surface area contributed by atoms with Crippen LogP contribution < -0.4 is 5.32 Å². The van der Waals surface area contributed by atoms with Crippen molar-refractivity contribution < 1.29 is 0 Å². The summed E-state index contributed by atoms with van der Waals surface area (Å²) >= 11 is 0. The summed E-state index contributed by atoms with van der Waals surface area (Å²) < 4.78 is 1.96. The lowest BCUT2D eigenvalue weighted by Crippen LogP contribution is -2.37. The Morgan fingerprint density at radius 3 is 2.68 bits per heavy atom. The van der Waals surface area contributed by atoms with Crippen molar-refractivity contribution in [3.63, 3.8) is 0 Å². The van der Waals surface area contributed by atoms with Gasteiger partial charge < -0.3 is 10.2 Å². The van der Waals surface area contributed by atoms with E-state index in [-0.39, 0.29) is 0 Å². The third kappa shape index (κ3) is 4.28. The van der Waals surface area contributed by atoms with Crippen molar-refractivity contribution in [3.05, 3.63) is 11.9 Å². The van der Waals surface area contributed by atoms with Crippen molar-refractivity contribution in [3.8, 4) is 0 Å². The molecule has 5 nitrogen and oxygen atoms in total. The van der Waals surface area contributed by atoms with Crippen LogP contribution in [0.15, 0.2) is 6.20 Å². The number of nitrogens with zero attached hydrogens (tertiary/aromatic N) is 4. The SMILES string of the molecule is CNCc1cn(CCN2CCC(C(C)C)CC2)nn1. The van der Waals surface area contributed by atoms with Crippen LogP contribution in [0.1, 0.15) is 32.4 Å². The summed E-state index contributed by atoms with van der Waals surface area (Å²) in [5.41, 5.74) is 1.01. The Hall–Kier alpha value is -0.940. The molecule has 1 aliphatic rings. The van der Waals surface area contributed by atoms with E-state index < -0.39 is 0 Å². The lowest BCUT2D eigenvalue weighted by Gasteiger charge is -2.33. The molecule has 0 saturated carbocycles. The molecule has 0 bridgehead atoms. The van der Waals surface area contributed by atoms with E-state index in [2.05, 4.69) is 34.4 Å². The van der Waals surface area contributed by atoms with Crippen molar-refractivity contribution in [1.29, 1.82) is 0 Å². The highest BCUT2D eigenvalue weighted by Crippen LogP contribution is 2.24. The summed E-state index contributed by atoms with van der Waals surface area (Å²) in [7, 11) is 1.93. The second kappa shape index (κ2) is 7.01. The van der Waals surface area contributed by atoms with Crippen LogP contribution in [0.2, 0.25) is 0 Å². The van der Waals surface area contributed by atoms with E-state index >= 15 is 0 Å². The maximum atomic E-state index is 4.16. The predicted octanol–water partition coefficient (Wildman–Crippen LogP) is 1.37. The minimum Gasteiger partial charge on any atom is -0.314 e. The van der Waals surface area contributed by atoms with Gasteiger partial charge in [0.15, 0.2) is 0 Å². The van der Waals surface area contributed by atoms with Crippen LogP contribution >= 0.6 is 0 Å². The van der Waals surface area contributed by atoms with Crippen molar-refractivity contribution in [2.24, 2.45) is 11.8 Å². The Kier molecular flexibility index (Phi) is 5.34. The van der Waals surface area contributed by atoms with E-state index in [0.29, 0.717) is 0 Å². The molecule has 0 aromatic carbocycles. The molecule has 0 radical (unpaired) electrons. The van der Waals surface area contributed by atoms with Crippen LogP contribution in [0.3, 0.4) is 0 Å². The van der Waals surface area contributed by atoms with Gasteiger partial charge in [0.25, 0.3) is 0 Å². The first-order valence-corrected chi connectivity index (χ1v) is 7.45. The zero-order valence-electron chi connectivity index (χ0n) is 12.5. The second-order valence-corrected chi connectivity index (χ2v) is 5.93. The molecule has 1 aromatic rings. The molecule has 1 aliphatic heterocycles. The van der Waals surface area contributed by atoms with E-state index in [1.54, 1.807) is 0 Å². The fraction of sp³-hybridized carbons (Fsp3) is 0.857. The molecule has 19 heavy (non-hydrogen) atoms. The quantitative estimate of drug-likeness (QED) is 0.844. The molecule has 1 N–H and O–H groups in total. The van der Waals surface area contributed by atoms with Crippen LogP contribution in [0.25, 0.3) is 0 Å². The first-order chi connectivity index (χ1) is 9.19. The molecule has 0 unspecified atom stereocenters. The van der Waals surface area contributed by atoms with Crippen LogP contribution in [-0.4, -0.2) is 46.6 Å². The molecule has 5 heteroatoms. The summed E-state index contributed by atoms with van der Waals surface area (Å²) in [4.78, 5) is 2.55. The van der Waals surface area contributed by atoms with Gasteiger partial charge in [0.1, 0.15) is 0 Å². The maximum absolute atomic E-state index is 4.16.